The Morgan fingerprint density at radius 2 is 0.763 bits per heavy atom. The summed E-state index contributed by atoms with van der Waals surface area (Å²) in [6.07, 6.45) is 75.6. The predicted octanol–water partition coefficient (Wildman–Crippen LogP) is 16.4. The molecule has 0 saturated carbocycles. The average molecular weight is 815 g/mol. The highest BCUT2D eigenvalue weighted by Gasteiger charge is 2.13. The van der Waals surface area contributed by atoms with E-state index in [1.54, 1.807) is 0 Å². The van der Waals surface area contributed by atoms with Gasteiger partial charge in [0.05, 0.1) is 13.2 Å². The fraction of sp³-hybridized carbons (Fsp3) is 0.618. The first-order valence-electron chi connectivity index (χ1n) is 24.1. The van der Waals surface area contributed by atoms with Gasteiger partial charge < -0.3 is 14.6 Å². The van der Waals surface area contributed by atoms with Crippen LogP contribution in [-0.2, 0) is 14.3 Å². The number of hydrogen-bond donors (Lipinski definition) is 1. The lowest BCUT2D eigenvalue weighted by Crippen LogP contribution is -2.27. The monoisotopic (exact) mass is 815 g/mol. The summed E-state index contributed by atoms with van der Waals surface area (Å²) in [4.78, 5) is 12.2. The van der Waals surface area contributed by atoms with Gasteiger partial charge in [0.1, 0.15) is 6.10 Å². The van der Waals surface area contributed by atoms with Gasteiger partial charge in [-0.1, -0.05) is 200 Å². The highest BCUT2D eigenvalue weighted by molar-refractivity contribution is 5.69. The molecule has 0 bridgehead atoms. The van der Waals surface area contributed by atoms with Crippen LogP contribution in [0.4, 0.5) is 0 Å². The van der Waals surface area contributed by atoms with E-state index in [1.165, 1.54) is 77.0 Å². The third-order valence-electron chi connectivity index (χ3n) is 9.77. The Hall–Kier alpha value is -3.21. The van der Waals surface area contributed by atoms with Gasteiger partial charge in [0.25, 0.3) is 0 Å². The minimum absolute atomic E-state index is 0.198. The van der Waals surface area contributed by atoms with Gasteiger partial charge in [-0.15, -0.1) is 0 Å². The van der Waals surface area contributed by atoms with Crippen LogP contribution < -0.4 is 0 Å². The van der Waals surface area contributed by atoms with Gasteiger partial charge in [0.15, 0.2) is 0 Å². The first kappa shape index (κ1) is 55.8. The standard InChI is InChI=1S/C55H90O4/c1-3-5-7-9-11-13-15-17-19-21-23-25-27-28-29-30-32-34-36-38-40-42-44-46-48-50-55(57)59-54(52-56)53-58-51-49-47-45-43-41-39-37-35-33-31-26-24-22-20-18-16-14-12-10-8-6-4-2/h5,7,11,13,16-19,22-25,28-29,31-34,38,40,54,56H,3-4,6,8-10,12,14-15,20-21,26-27,30,35-37,39,41-53H2,1-2H3/b7-5-,13-11-,18-16-,19-17-,24-22-,25-23-,29-28-,33-31-,34-32-,40-38-. The number of carbonyl (C=O) groups is 1. The summed E-state index contributed by atoms with van der Waals surface area (Å²) in [5.74, 6) is -0.241. The SMILES string of the molecule is CC/C=C\C/C=C\C/C=C\C/C=C\C/C=C\C/C=C\C/C=C\CCCCCC(=O)OC(CO)COCCCCCCCCC/C=C\C/C=C\C/C=C\CCCCCCC. The Balaban J connectivity index is 3.59. The van der Waals surface area contributed by atoms with Crippen molar-refractivity contribution < 1.29 is 19.4 Å². The van der Waals surface area contributed by atoms with Crippen molar-refractivity contribution in [3.8, 4) is 0 Å². The van der Waals surface area contributed by atoms with Crippen LogP contribution in [0.3, 0.4) is 0 Å². The van der Waals surface area contributed by atoms with E-state index in [4.69, 9.17) is 9.47 Å². The number of rotatable bonds is 43. The van der Waals surface area contributed by atoms with E-state index in [2.05, 4.69) is 135 Å². The second kappa shape index (κ2) is 50.9. The van der Waals surface area contributed by atoms with Crippen molar-refractivity contribution in [2.75, 3.05) is 19.8 Å². The highest BCUT2D eigenvalue weighted by Crippen LogP contribution is 2.11. The number of ether oxygens (including phenoxy) is 2. The normalized spacial score (nSPS) is 13.5. The molecule has 334 valence electrons. The molecular weight excluding hydrogens is 725 g/mol. The van der Waals surface area contributed by atoms with Gasteiger partial charge >= 0.3 is 5.97 Å². The van der Waals surface area contributed by atoms with Crippen LogP contribution >= 0.6 is 0 Å². The number of aliphatic hydroxyl groups excluding tert-OH is 1. The fourth-order valence-electron chi connectivity index (χ4n) is 6.20. The highest BCUT2D eigenvalue weighted by atomic mass is 16.6. The molecule has 1 N–H and O–H groups in total. The second-order valence-electron chi connectivity index (χ2n) is 15.4. The number of hydrogen-bond acceptors (Lipinski definition) is 4. The summed E-state index contributed by atoms with van der Waals surface area (Å²) in [5.41, 5.74) is 0. The van der Waals surface area contributed by atoms with Crippen LogP contribution in [0.5, 0.6) is 0 Å². The maximum Gasteiger partial charge on any atom is 0.306 e. The Morgan fingerprint density at radius 3 is 1.15 bits per heavy atom. The van der Waals surface area contributed by atoms with Gasteiger partial charge in [-0.3, -0.25) is 4.79 Å². The topological polar surface area (TPSA) is 55.8 Å². The Kier molecular flexibility index (Phi) is 48.2. The van der Waals surface area contributed by atoms with Crippen molar-refractivity contribution in [3.05, 3.63) is 122 Å². The molecule has 4 nitrogen and oxygen atoms in total. The van der Waals surface area contributed by atoms with Gasteiger partial charge in [0, 0.05) is 13.0 Å². The smallest absolute Gasteiger partial charge is 0.306 e. The Bertz CT molecular complexity index is 1180. The maximum atomic E-state index is 12.2. The van der Waals surface area contributed by atoms with Crippen LogP contribution in [0, 0.1) is 0 Å². The van der Waals surface area contributed by atoms with E-state index >= 15 is 0 Å². The number of unbranched alkanes of at least 4 members (excludes halogenated alkanes) is 15. The molecule has 0 aromatic carbocycles. The summed E-state index contributed by atoms with van der Waals surface area (Å²) in [6.45, 7) is 5.15. The van der Waals surface area contributed by atoms with Crippen LogP contribution in [0.2, 0.25) is 0 Å². The van der Waals surface area contributed by atoms with Crippen LogP contribution in [-0.4, -0.2) is 37.0 Å². The lowest BCUT2D eigenvalue weighted by atomic mass is 10.1. The molecule has 0 aliphatic heterocycles. The Morgan fingerprint density at radius 1 is 0.424 bits per heavy atom. The molecule has 0 aromatic heterocycles. The molecule has 0 radical (unpaired) electrons. The molecule has 0 fully saturated rings. The van der Waals surface area contributed by atoms with Crippen molar-refractivity contribution in [1.82, 2.24) is 0 Å². The van der Waals surface area contributed by atoms with Crippen LogP contribution in [0.25, 0.3) is 0 Å². The quantitative estimate of drug-likeness (QED) is 0.0378. The van der Waals surface area contributed by atoms with E-state index in [0.29, 0.717) is 13.0 Å². The van der Waals surface area contributed by atoms with Crippen LogP contribution in [0.15, 0.2) is 122 Å². The van der Waals surface area contributed by atoms with E-state index < -0.39 is 6.10 Å². The van der Waals surface area contributed by atoms with E-state index in [1.807, 2.05) is 0 Å². The van der Waals surface area contributed by atoms with Crippen molar-refractivity contribution in [1.29, 1.82) is 0 Å². The summed E-state index contributed by atoms with van der Waals surface area (Å²) in [7, 11) is 0. The molecule has 59 heavy (non-hydrogen) atoms. The fourth-order valence-corrected chi connectivity index (χ4v) is 6.20. The van der Waals surface area contributed by atoms with Crippen molar-refractivity contribution in [2.24, 2.45) is 0 Å². The lowest BCUT2D eigenvalue weighted by molar-refractivity contribution is -0.154. The molecule has 1 atom stereocenters. The number of allylic oxidation sites excluding steroid dienone is 20. The average Bonchev–Trinajstić information content (AvgIpc) is 3.24. The molecule has 0 aliphatic rings. The van der Waals surface area contributed by atoms with E-state index in [-0.39, 0.29) is 19.2 Å². The van der Waals surface area contributed by atoms with Gasteiger partial charge in [-0.25, -0.2) is 0 Å². The number of esters is 1. The first-order chi connectivity index (χ1) is 29.2. The third kappa shape index (κ3) is 49.1. The minimum atomic E-state index is -0.568. The minimum Gasteiger partial charge on any atom is -0.457 e. The summed E-state index contributed by atoms with van der Waals surface area (Å²) in [6, 6.07) is 0. The molecule has 0 aromatic rings. The summed E-state index contributed by atoms with van der Waals surface area (Å²) >= 11 is 0. The molecule has 0 aliphatic carbocycles. The number of aliphatic hydroxyl groups is 1. The zero-order valence-corrected chi connectivity index (χ0v) is 38.2. The molecule has 1 unspecified atom stereocenters. The predicted molar refractivity (Wildman–Crippen MR) is 260 cm³/mol. The second-order valence-corrected chi connectivity index (χ2v) is 15.4. The molecular formula is C55H90O4. The molecule has 0 amide bonds. The third-order valence-corrected chi connectivity index (χ3v) is 9.77. The van der Waals surface area contributed by atoms with Gasteiger partial charge in [0.2, 0.25) is 0 Å². The van der Waals surface area contributed by atoms with Gasteiger partial charge in [-0.2, -0.15) is 0 Å². The number of carbonyl (C=O) groups excluding carboxylic acids is 1. The molecule has 0 saturated heterocycles. The maximum absolute atomic E-state index is 12.2. The summed E-state index contributed by atoms with van der Waals surface area (Å²) in [5, 5.41) is 9.63. The first-order valence-corrected chi connectivity index (χ1v) is 24.1. The molecule has 0 rings (SSSR count). The largest absolute Gasteiger partial charge is 0.457 e. The van der Waals surface area contributed by atoms with E-state index in [9.17, 15) is 9.90 Å². The zero-order valence-electron chi connectivity index (χ0n) is 38.2. The molecule has 4 heteroatoms. The van der Waals surface area contributed by atoms with Gasteiger partial charge in [-0.05, 0) is 109 Å². The van der Waals surface area contributed by atoms with Crippen LogP contribution in [0.1, 0.15) is 194 Å². The summed E-state index contributed by atoms with van der Waals surface area (Å²) < 4.78 is 11.2. The Labute approximate surface area is 365 Å². The lowest BCUT2D eigenvalue weighted by Gasteiger charge is -2.15. The van der Waals surface area contributed by atoms with Crippen molar-refractivity contribution in [2.45, 2.75) is 200 Å². The zero-order chi connectivity index (χ0) is 42.6. The van der Waals surface area contributed by atoms with Crippen molar-refractivity contribution in [3.63, 3.8) is 0 Å². The van der Waals surface area contributed by atoms with Crippen molar-refractivity contribution >= 4 is 5.97 Å². The molecule has 0 heterocycles. The molecule has 0 spiro atoms. The van der Waals surface area contributed by atoms with E-state index in [0.717, 1.165) is 96.3 Å².